The van der Waals surface area contributed by atoms with Crippen LogP contribution in [-0.4, -0.2) is 18.6 Å². The first-order chi connectivity index (χ1) is 14.6. The summed E-state index contributed by atoms with van der Waals surface area (Å²) in [7, 11) is 0. The van der Waals surface area contributed by atoms with E-state index in [1.807, 2.05) is 48.7 Å². The second kappa shape index (κ2) is 7.50. The number of carbonyl (C=O) groups is 2. The van der Waals surface area contributed by atoms with Gasteiger partial charge < -0.3 is 19.7 Å². The number of nitrogens with zero attached hydrogens (tertiary/aromatic N) is 1. The number of ether oxygens (including phenoxy) is 2. The predicted molar refractivity (Wildman–Crippen MR) is 115 cm³/mol. The maximum Gasteiger partial charge on any atom is 0.231 e. The number of carbonyl (C=O) groups excluding carboxylic acids is 2. The zero-order valence-electron chi connectivity index (χ0n) is 16.3. The molecule has 2 aliphatic heterocycles. The SMILES string of the molecule is Cc1ccc(N2C(=O)C[C@@H](C(=O)Nc3ccc4c(c3)OCO4)[C@H]2c2cccs2)cc1. The third-order valence-corrected chi connectivity index (χ3v) is 6.39. The lowest BCUT2D eigenvalue weighted by Gasteiger charge is -2.27. The fourth-order valence-corrected chi connectivity index (χ4v) is 4.85. The van der Waals surface area contributed by atoms with Crippen molar-refractivity contribution in [2.45, 2.75) is 19.4 Å². The van der Waals surface area contributed by atoms with Crippen molar-refractivity contribution in [2.75, 3.05) is 17.0 Å². The predicted octanol–water partition coefficient (Wildman–Crippen LogP) is 4.52. The van der Waals surface area contributed by atoms with E-state index in [4.69, 9.17) is 9.47 Å². The van der Waals surface area contributed by atoms with Crippen LogP contribution in [0.1, 0.15) is 22.9 Å². The number of anilines is 2. The van der Waals surface area contributed by atoms with Crippen molar-refractivity contribution in [3.63, 3.8) is 0 Å². The van der Waals surface area contributed by atoms with Gasteiger partial charge in [-0.25, -0.2) is 0 Å². The first-order valence-electron chi connectivity index (χ1n) is 9.73. The number of benzene rings is 2. The average molecular weight is 420 g/mol. The molecule has 0 unspecified atom stereocenters. The van der Waals surface area contributed by atoms with Crippen molar-refractivity contribution in [1.82, 2.24) is 0 Å². The molecule has 3 aromatic rings. The van der Waals surface area contributed by atoms with Crippen LogP contribution in [0.15, 0.2) is 60.0 Å². The number of nitrogens with one attached hydrogen (secondary N) is 1. The van der Waals surface area contributed by atoms with Crippen molar-refractivity contribution < 1.29 is 19.1 Å². The summed E-state index contributed by atoms with van der Waals surface area (Å²) < 4.78 is 10.7. The van der Waals surface area contributed by atoms with Gasteiger partial charge in [0.25, 0.3) is 0 Å². The van der Waals surface area contributed by atoms with Crippen molar-refractivity contribution in [3.05, 3.63) is 70.4 Å². The fourth-order valence-electron chi connectivity index (χ4n) is 3.97. The zero-order chi connectivity index (χ0) is 20.7. The van der Waals surface area contributed by atoms with Crippen molar-refractivity contribution in [1.29, 1.82) is 0 Å². The molecule has 2 aromatic carbocycles. The number of thiophene rings is 1. The number of aryl methyl sites for hydroxylation is 1. The second-order valence-corrected chi connectivity index (χ2v) is 8.41. The Hall–Kier alpha value is -3.32. The highest BCUT2D eigenvalue weighted by molar-refractivity contribution is 7.10. The second-order valence-electron chi connectivity index (χ2n) is 7.43. The van der Waals surface area contributed by atoms with E-state index in [-0.39, 0.29) is 31.1 Å². The summed E-state index contributed by atoms with van der Waals surface area (Å²) in [5.74, 6) is 0.527. The smallest absolute Gasteiger partial charge is 0.231 e. The minimum absolute atomic E-state index is 0.0527. The zero-order valence-corrected chi connectivity index (χ0v) is 17.1. The fraction of sp³-hybridized carbons (Fsp3) is 0.217. The normalized spacial score (nSPS) is 19.9. The van der Waals surface area contributed by atoms with Crippen LogP contribution in [-0.2, 0) is 9.59 Å². The van der Waals surface area contributed by atoms with Crippen LogP contribution in [0.5, 0.6) is 11.5 Å². The summed E-state index contributed by atoms with van der Waals surface area (Å²) in [4.78, 5) is 29.0. The Morgan fingerprint density at radius 2 is 1.90 bits per heavy atom. The van der Waals surface area contributed by atoms with Gasteiger partial charge in [0.2, 0.25) is 18.6 Å². The number of hydrogen-bond donors (Lipinski definition) is 1. The highest BCUT2D eigenvalue weighted by Gasteiger charge is 2.45. The van der Waals surface area contributed by atoms with Crippen LogP contribution in [0.4, 0.5) is 11.4 Å². The van der Waals surface area contributed by atoms with Gasteiger partial charge in [-0.2, -0.15) is 0 Å². The third kappa shape index (κ3) is 3.31. The molecule has 30 heavy (non-hydrogen) atoms. The van der Waals surface area contributed by atoms with Gasteiger partial charge in [-0.1, -0.05) is 23.8 Å². The van der Waals surface area contributed by atoms with E-state index in [1.54, 1.807) is 34.4 Å². The molecule has 7 heteroatoms. The minimum Gasteiger partial charge on any atom is -0.454 e. The maximum atomic E-state index is 13.2. The summed E-state index contributed by atoms with van der Waals surface area (Å²) in [6.45, 7) is 2.18. The lowest BCUT2D eigenvalue weighted by atomic mass is 9.97. The summed E-state index contributed by atoms with van der Waals surface area (Å²) >= 11 is 1.56. The van der Waals surface area contributed by atoms with Gasteiger partial charge in [-0.15, -0.1) is 11.3 Å². The van der Waals surface area contributed by atoms with E-state index < -0.39 is 5.92 Å². The quantitative estimate of drug-likeness (QED) is 0.674. The van der Waals surface area contributed by atoms with Crippen molar-refractivity contribution in [2.24, 2.45) is 5.92 Å². The van der Waals surface area contributed by atoms with E-state index >= 15 is 0 Å². The van der Waals surface area contributed by atoms with Gasteiger partial charge >= 0.3 is 0 Å². The Morgan fingerprint density at radius 3 is 2.67 bits per heavy atom. The number of amides is 2. The summed E-state index contributed by atoms with van der Waals surface area (Å²) in [6.07, 6.45) is 0.160. The third-order valence-electron chi connectivity index (χ3n) is 5.45. The van der Waals surface area contributed by atoms with Gasteiger partial charge in [0.1, 0.15) is 0 Å². The topological polar surface area (TPSA) is 67.9 Å². The van der Waals surface area contributed by atoms with Crippen molar-refractivity contribution >= 4 is 34.5 Å². The largest absolute Gasteiger partial charge is 0.454 e. The van der Waals surface area contributed by atoms with Gasteiger partial charge in [0.15, 0.2) is 11.5 Å². The van der Waals surface area contributed by atoms with E-state index in [2.05, 4.69) is 5.32 Å². The molecule has 2 atom stereocenters. The highest BCUT2D eigenvalue weighted by Crippen LogP contribution is 2.43. The van der Waals surface area contributed by atoms with Crippen LogP contribution in [0.3, 0.4) is 0 Å². The van der Waals surface area contributed by atoms with Gasteiger partial charge in [-0.3, -0.25) is 9.59 Å². The maximum absolute atomic E-state index is 13.2. The molecule has 0 spiro atoms. The van der Waals surface area contributed by atoms with Crippen LogP contribution in [0, 0.1) is 12.8 Å². The molecule has 6 nitrogen and oxygen atoms in total. The average Bonchev–Trinajstić information content (AvgIpc) is 3.47. The van der Waals surface area contributed by atoms with Gasteiger partial charge in [-0.05, 0) is 42.6 Å². The summed E-state index contributed by atoms with van der Waals surface area (Å²) in [5.41, 5.74) is 2.55. The molecule has 1 saturated heterocycles. The molecule has 0 saturated carbocycles. The number of hydrogen-bond acceptors (Lipinski definition) is 5. The molecule has 152 valence electrons. The molecule has 1 N–H and O–H groups in total. The van der Waals surface area contributed by atoms with Crippen molar-refractivity contribution in [3.8, 4) is 11.5 Å². The Morgan fingerprint density at radius 1 is 1.10 bits per heavy atom. The van der Waals surface area contributed by atoms with E-state index in [0.29, 0.717) is 17.2 Å². The van der Waals surface area contributed by atoms with Crippen LogP contribution in [0.25, 0.3) is 0 Å². The van der Waals surface area contributed by atoms with E-state index in [9.17, 15) is 9.59 Å². The first kappa shape index (κ1) is 18.7. The molecule has 3 heterocycles. The Kier molecular flexibility index (Phi) is 4.67. The Balaban J connectivity index is 1.45. The first-order valence-corrected chi connectivity index (χ1v) is 10.6. The number of fused-ring (bicyclic) bond motifs is 1. The molecular formula is C23H20N2O4S. The molecular weight excluding hydrogens is 400 g/mol. The van der Waals surface area contributed by atoms with Crippen LogP contribution in [0.2, 0.25) is 0 Å². The Labute approximate surface area is 178 Å². The minimum atomic E-state index is -0.497. The molecule has 1 fully saturated rings. The lowest BCUT2D eigenvalue weighted by Crippen LogP contribution is -2.31. The molecule has 1 aromatic heterocycles. The molecule has 0 bridgehead atoms. The standard InChI is InChI=1S/C23H20N2O4S/c1-14-4-7-16(8-5-14)25-21(26)12-17(22(25)20-3-2-10-30-20)23(27)24-15-6-9-18-19(11-15)29-13-28-18/h2-11,17,22H,12-13H2,1H3,(H,24,27)/t17-,22+/m1/s1. The highest BCUT2D eigenvalue weighted by atomic mass is 32.1. The van der Waals surface area contributed by atoms with Gasteiger partial charge in [0, 0.05) is 28.7 Å². The molecule has 0 aliphatic carbocycles. The van der Waals surface area contributed by atoms with Gasteiger partial charge in [0.05, 0.1) is 12.0 Å². The van der Waals surface area contributed by atoms with Crippen LogP contribution < -0.4 is 19.7 Å². The van der Waals surface area contributed by atoms with Crippen LogP contribution >= 0.6 is 11.3 Å². The molecule has 5 rings (SSSR count). The van der Waals surface area contributed by atoms with E-state index in [1.165, 1.54) is 0 Å². The number of rotatable bonds is 4. The summed E-state index contributed by atoms with van der Waals surface area (Å²) in [5, 5.41) is 4.93. The monoisotopic (exact) mass is 420 g/mol. The summed E-state index contributed by atoms with van der Waals surface area (Å²) in [6, 6.07) is 16.7. The lowest BCUT2D eigenvalue weighted by molar-refractivity contribution is -0.122. The molecule has 0 radical (unpaired) electrons. The molecule has 2 aliphatic rings. The van der Waals surface area contributed by atoms with E-state index in [0.717, 1.165) is 16.1 Å². The Bertz CT molecular complexity index is 1090. The molecule has 2 amide bonds.